The molecule has 2 aromatic heterocycles. The Morgan fingerprint density at radius 1 is 0.962 bits per heavy atom. The molecular formula is C19H13ClF2N4. The summed E-state index contributed by atoms with van der Waals surface area (Å²) in [6, 6.07) is 14.9. The lowest BCUT2D eigenvalue weighted by Gasteiger charge is -2.10. The Balaban J connectivity index is 1.77. The van der Waals surface area contributed by atoms with Crippen LogP contribution in [-0.4, -0.2) is 14.5 Å². The molecule has 0 saturated heterocycles. The van der Waals surface area contributed by atoms with Crippen LogP contribution in [0.1, 0.15) is 5.82 Å². The van der Waals surface area contributed by atoms with E-state index < -0.39 is 11.6 Å². The lowest BCUT2D eigenvalue weighted by molar-refractivity contribution is 0.510. The maximum atomic E-state index is 13.7. The van der Waals surface area contributed by atoms with E-state index in [9.17, 15) is 8.78 Å². The predicted octanol–water partition coefficient (Wildman–Crippen LogP) is 5.40. The summed E-state index contributed by atoms with van der Waals surface area (Å²) in [7, 11) is 0. The van der Waals surface area contributed by atoms with Crippen molar-refractivity contribution in [2.45, 2.75) is 6.92 Å². The van der Waals surface area contributed by atoms with Gasteiger partial charge in [0.2, 0.25) is 0 Å². The summed E-state index contributed by atoms with van der Waals surface area (Å²) in [5.41, 5.74) is 1.66. The molecule has 4 aromatic rings. The molecule has 0 bridgehead atoms. The van der Waals surface area contributed by atoms with Crippen molar-refractivity contribution in [3.8, 4) is 5.82 Å². The average molecular weight is 371 g/mol. The average Bonchev–Trinajstić information content (AvgIpc) is 2.92. The summed E-state index contributed by atoms with van der Waals surface area (Å²) in [4.78, 5) is 8.85. The SMILES string of the molecule is Cc1nc2cc(F)c(F)cc2n1-c1cccc(Nc2ccc(Cl)cc2)n1. The fourth-order valence-electron chi connectivity index (χ4n) is 2.78. The molecule has 0 fully saturated rings. The van der Waals surface area contributed by atoms with E-state index in [2.05, 4.69) is 15.3 Å². The first-order chi connectivity index (χ1) is 12.5. The van der Waals surface area contributed by atoms with Crippen molar-refractivity contribution >= 4 is 34.1 Å². The molecule has 0 saturated carbocycles. The van der Waals surface area contributed by atoms with E-state index in [0.29, 0.717) is 33.5 Å². The van der Waals surface area contributed by atoms with Gasteiger partial charge < -0.3 is 5.32 Å². The largest absolute Gasteiger partial charge is 0.340 e. The van der Waals surface area contributed by atoms with Crippen molar-refractivity contribution in [1.82, 2.24) is 14.5 Å². The number of aromatic nitrogens is 3. The smallest absolute Gasteiger partial charge is 0.161 e. The maximum absolute atomic E-state index is 13.7. The Bertz CT molecular complexity index is 1110. The number of nitrogens with one attached hydrogen (secondary N) is 1. The topological polar surface area (TPSA) is 42.7 Å². The molecule has 7 heteroatoms. The molecule has 0 aliphatic carbocycles. The molecule has 0 aliphatic heterocycles. The van der Waals surface area contributed by atoms with Crippen LogP contribution in [0, 0.1) is 18.6 Å². The number of hydrogen-bond donors (Lipinski definition) is 1. The van der Waals surface area contributed by atoms with Gasteiger partial charge in [-0.05, 0) is 43.3 Å². The van der Waals surface area contributed by atoms with Gasteiger partial charge in [-0.25, -0.2) is 18.7 Å². The highest BCUT2D eigenvalue weighted by atomic mass is 35.5. The molecule has 4 rings (SSSR count). The Morgan fingerprint density at radius 2 is 1.69 bits per heavy atom. The van der Waals surface area contributed by atoms with Crippen LogP contribution in [0.25, 0.3) is 16.9 Å². The molecule has 1 N–H and O–H groups in total. The Morgan fingerprint density at radius 3 is 2.46 bits per heavy atom. The van der Waals surface area contributed by atoms with E-state index in [-0.39, 0.29) is 0 Å². The molecule has 2 aromatic carbocycles. The fourth-order valence-corrected chi connectivity index (χ4v) is 2.91. The second kappa shape index (κ2) is 6.38. The van der Waals surface area contributed by atoms with Crippen molar-refractivity contribution in [3.05, 3.63) is 77.1 Å². The molecule has 0 unspecified atom stereocenters. The summed E-state index contributed by atoms with van der Waals surface area (Å²) in [6.07, 6.45) is 0. The number of nitrogens with zero attached hydrogens (tertiary/aromatic N) is 3. The minimum atomic E-state index is -0.923. The second-order valence-corrected chi connectivity index (χ2v) is 6.20. The third kappa shape index (κ3) is 2.99. The highest BCUT2D eigenvalue weighted by Crippen LogP contribution is 2.24. The van der Waals surface area contributed by atoms with Crippen LogP contribution in [0.3, 0.4) is 0 Å². The van der Waals surface area contributed by atoms with Crippen molar-refractivity contribution < 1.29 is 8.78 Å². The van der Waals surface area contributed by atoms with Crippen LogP contribution in [-0.2, 0) is 0 Å². The number of anilines is 2. The third-order valence-corrected chi connectivity index (χ3v) is 4.20. The van der Waals surface area contributed by atoms with E-state index in [1.165, 1.54) is 0 Å². The van der Waals surface area contributed by atoms with Gasteiger partial charge in [0.05, 0.1) is 11.0 Å². The normalized spacial score (nSPS) is 11.1. The highest BCUT2D eigenvalue weighted by Gasteiger charge is 2.14. The van der Waals surface area contributed by atoms with Gasteiger partial charge in [-0.2, -0.15) is 0 Å². The molecule has 0 radical (unpaired) electrons. The van der Waals surface area contributed by atoms with Gasteiger partial charge in [0, 0.05) is 22.8 Å². The van der Waals surface area contributed by atoms with Crippen molar-refractivity contribution in [2.24, 2.45) is 0 Å². The van der Waals surface area contributed by atoms with Gasteiger partial charge >= 0.3 is 0 Å². The summed E-state index contributed by atoms with van der Waals surface area (Å²) < 4.78 is 28.8. The van der Waals surface area contributed by atoms with Crippen molar-refractivity contribution in [1.29, 1.82) is 0 Å². The van der Waals surface area contributed by atoms with Crippen molar-refractivity contribution in [2.75, 3.05) is 5.32 Å². The molecule has 0 atom stereocenters. The van der Waals surface area contributed by atoms with Crippen LogP contribution in [0.5, 0.6) is 0 Å². The molecular weight excluding hydrogens is 358 g/mol. The Labute approximate surface area is 153 Å². The molecule has 4 nitrogen and oxygen atoms in total. The molecule has 0 aliphatic rings. The van der Waals surface area contributed by atoms with Crippen LogP contribution < -0.4 is 5.32 Å². The van der Waals surface area contributed by atoms with E-state index in [1.807, 2.05) is 24.3 Å². The number of pyridine rings is 1. The zero-order valence-electron chi connectivity index (χ0n) is 13.7. The van der Waals surface area contributed by atoms with E-state index in [4.69, 9.17) is 11.6 Å². The minimum Gasteiger partial charge on any atom is -0.340 e. The van der Waals surface area contributed by atoms with Gasteiger partial charge in [-0.1, -0.05) is 17.7 Å². The van der Waals surface area contributed by atoms with Gasteiger partial charge in [0.25, 0.3) is 0 Å². The molecule has 0 spiro atoms. The van der Waals surface area contributed by atoms with Gasteiger partial charge in [-0.15, -0.1) is 0 Å². The number of aryl methyl sites for hydroxylation is 1. The van der Waals surface area contributed by atoms with Crippen LogP contribution >= 0.6 is 11.6 Å². The molecule has 0 amide bonds. The third-order valence-electron chi connectivity index (χ3n) is 3.94. The quantitative estimate of drug-likeness (QED) is 0.524. The van der Waals surface area contributed by atoms with Crippen LogP contribution in [0.15, 0.2) is 54.6 Å². The number of halogens is 3. The number of benzene rings is 2. The monoisotopic (exact) mass is 370 g/mol. The first kappa shape index (κ1) is 16.5. The first-order valence-electron chi connectivity index (χ1n) is 7.85. The van der Waals surface area contributed by atoms with Crippen LogP contribution in [0.2, 0.25) is 5.02 Å². The number of fused-ring (bicyclic) bond motifs is 1. The number of rotatable bonds is 3. The first-order valence-corrected chi connectivity index (χ1v) is 8.23. The van der Waals surface area contributed by atoms with E-state index in [1.54, 1.807) is 29.7 Å². The molecule has 130 valence electrons. The van der Waals surface area contributed by atoms with Gasteiger partial charge in [0.1, 0.15) is 17.5 Å². The summed E-state index contributed by atoms with van der Waals surface area (Å²) in [5.74, 6) is -0.105. The zero-order chi connectivity index (χ0) is 18.3. The highest BCUT2D eigenvalue weighted by molar-refractivity contribution is 6.30. The van der Waals surface area contributed by atoms with Crippen LogP contribution in [0.4, 0.5) is 20.3 Å². The Kier molecular flexibility index (Phi) is 4.05. The lowest BCUT2D eigenvalue weighted by Crippen LogP contribution is -2.02. The number of hydrogen-bond acceptors (Lipinski definition) is 3. The maximum Gasteiger partial charge on any atom is 0.161 e. The fraction of sp³-hybridized carbons (Fsp3) is 0.0526. The lowest BCUT2D eigenvalue weighted by atomic mass is 10.3. The standard InChI is InChI=1S/C19H13ClF2N4/c1-11-23-16-9-14(21)15(22)10-17(16)26(11)19-4-2-3-18(25-19)24-13-7-5-12(20)6-8-13/h2-10H,1H3,(H,24,25). The zero-order valence-corrected chi connectivity index (χ0v) is 14.4. The van der Waals surface area contributed by atoms with Gasteiger partial charge in [0.15, 0.2) is 11.6 Å². The van der Waals surface area contributed by atoms with Crippen molar-refractivity contribution in [3.63, 3.8) is 0 Å². The Hall–Kier alpha value is -2.99. The van der Waals surface area contributed by atoms with E-state index >= 15 is 0 Å². The van der Waals surface area contributed by atoms with Gasteiger partial charge in [-0.3, -0.25) is 4.57 Å². The molecule has 2 heterocycles. The molecule has 26 heavy (non-hydrogen) atoms. The predicted molar refractivity (Wildman–Crippen MR) is 98.3 cm³/mol. The minimum absolute atomic E-state index is 0.374. The second-order valence-electron chi connectivity index (χ2n) is 5.76. The summed E-state index contributed by atoms with van der Waals surface area (Å²) in [6.45, 7) is 1.76. The number of imidazole rings is 1. The summed E-state index contributed by atoms with van der Waals surface area (Å²) >= 11 is 5.89. The van der Waals surface area contributed by atoms with E-state index in [0.717, 1.165) is 17.8 Å². The summed E-state index contributed by atoms with van der Waals surface area (Å²) in [5, 5.41) is 3.83.